The first kappa shape index (κ1) is 15.3. The highest BCUT2D eigenvalue weighted by Crippen LogP contribution is 2.27. The van der Waals surface area contributed by atoms with Gasteiger partial charge in [0, 0.05) is 25.2 Å². The van der Waals surface area contributed by atoms with Gasteiger partial charge in [-0.05, 0) is 37.1 Å². The molecule has 0 spiro atoms. The summed E-state index contributed by atoms with van der Waals surface area (Å²) in [5, 5.41) is 8.66. The van der Waals surface area contributed by atoms with E-state index in [1.165, 1.54) is 0 Å². The average molecular weight is 349 g/mol. The minimum atomic E-state index is -0.295. The smallest absolute Gasteiger partial charge is 0.408 e. The van der Waals surface area contributed by atoms with Crippen LogP contribution < -0.4 is 5.76 Å². The SMILES string of the molecule is O=c1oc2ccccc2n1CN1CCC(c2nnc3ccccn23)CC1. The lowest BCUT2D eigenvalue weighted by Crippen LogP contribution is -2.37. The van der Waals surface area contributed by atoms with E-state index in [1.807, 2.05) is 48.7 Å². The Balaban J connectivity index is 1.33. The van der Waals surface area contributed by atoms with Gasteiger partial charge in [-0.1, -0.05) is 18.2 Å². The van der Waals surface area contributed by atoms with Crippen LogP contribution in [0, 0.1) is 0 Å². The van der Waals surface area contributed by atoms with Gasteiger partial charge in [-0.2, -0.15) is 0 Å². The van der Waals surface area contributed by atoms with E-state index in [2.05, 4.69) is 19.5 Å². The lowest BCUT2D eigenvalue weighted by atomic mass is 9.96. The van der Waals surface area contributed by atoms with Crippen LogP contribution in [0.1, 0.15) is 24.6 Å². The quantitative estimate of drug-likeness (QED) is 0.568. The van der Waals surface area contributed by atoms with Gasteiger partial charge in [-0.3, -0.25) is 13.9 Å². The number of piperidine rings is 1. The minimum Gasteiger partial charge on any atom is -0.408 e. The summed E-state index contributed by atoms with van der Waals surface area (Å²) in [7, 11) is 0. The number of aromatic nitrogens is 4. The van der Waals surface area contributed by atoms with E-state index in [9.17, 15) is 4.79 Å². The second-order valence-corrected chi connectivity index (χ2v) is 6.78. The zero-order valence-corrected chi connectivity index (χ0v) is 14.3. The highest BCUT2D eigenvalue weighted by Gasteiger charge is 2.25. The number of nitrogens with zero attached hydrogens (tertiary/aromatic N) is 5. The highest BCUT2D eigenvalue weighted by molar-refractivity contribution is 5.72. The Morgan fingerprint density at radius 2 is 1.85 bits per heavy atom. The molecule has 0 saturated carbocycles. The molecular formula is C19H19N5O2. The lowest BCUT2D eigenvalue weighted by molar-refractivity contribution is 0.164. The van der Waals surface area contributed by atoms with Crippen molar-refractivity contribution in [2.24, 2.45) is 0 Å². The van der Waals surface area contributed by atoms with Crippen LogP contribution in [0.5, 0.6) is 0 Å². The van der Waals surface area contributed by atoms with Crippen LogP contribution in [0.3, 0.4) is 0 Å². The van der Waals surface area contributed by atoms with Crippen molar-refractivity contribution in [2.45, 2.75) is 25.4 Å². The Morgan fingerprint density at radius 3 is 2.73 bits per heavy atom. The molecule has 1 fully saturated rings. The van der Waals surface area contributed by atoms with Crippen molar-refractivity contribution in [3.63, 3.8) is 0 Å². The van der Waals surface area contributed by atoms with E-state index in [-0.39, 0.29) is 5.76 Å². The lowest BCUT2D eigenvalue weighted by Gasteiger charge is -2.31. The van der Waals surface area contributed by atoms with Crippen molar-refractivity contribution in [2.75, 3.05) is 13.1 Å². The molecule has 0 amide bonds. The molecule has 0 radical (unpaired) electrons. The summed E-state index contributed by atoms with van der Waals surface area (Å²) in [5.41, 5.74) is 2.38. The molecule has 5 rings (SSSR count). The fourth-order valence-corrected chi connectivity index (χ4v) is 3.82. The number of pyridine rings is 1. The predicted molar refractivity (Wildman–Crippen MR) is 97.0 cm³/mol. The molecular weight excluding hydrogens is 330 g/mol. The van der Waals surface area contributed by atoms with Gasteiger partial charge in [-0.25, -0.2) is 4.79 Å². The van der Waals surface area contributed by atoms with Crippen LogP contribution in [0.2, 0.25) is 0 Å². The topological polar surface area (TPSA) is 68.6 Å². The van der Waals surface area contributed by atoms with E-state index < -0.39 is 0 Å². The maximum Gasteiger partial charge on any atom is 0.421 e. The summed E-state index contributed by atoms with van der Waals surface area (Å²) in [5.74, 6) is 1.13. The van der Waals surface area contributed by atoms with Crippen LogP contribution in [0.25, 0.3) is 16.7 Å². The summed E-state index contributed by atoms with van der Waals surface area (Å²) in [6, 6.07) is 13.5. The molecule has 1 aliphatic heterocycles. The van der Waals surface area contributed by atoms with Gasteiger partial charge in [0.05, 0.1) is 12.2 Å². The van der Waals surface area contributed by atoms with Crippen LogP contribution >= 0.6 is 0 Å². The maximum atomic E-state index is 12.2. The molecule has 0 bridgehead atoms. The zero-order valence-electron chi connectivity index (χ0n) is 14.3. The molecule has 1 aliphatic rings. The maximum absolute atomic E-state index is 12.2. The Morgan fingerprint density at radius 1 is 1.04 bits per heavy atom. The summed E-state index contributed by atoms with van der Waals surface area (Å²) >= 11 is 0. The summed E-state index contributed by atoms with van der Waals surface area (Å²) in [4.78, 5) is 14.5. The predicted octanol–water partition coefficient (Wildman–Crippen LogP) is 2.47. The van der Waals surface area contributed by atoms with Crippen molar-refractivity contribution < 1.29 is 4.42 Å². The van der Waals surface area contributed by atoms with E-state index in [1.54, 1.807) is 4.57 Å². The third-order valence-corrected chi connectivity index (χ3v) is 5.21. The van der Waals surface area contributed by atoms with Crippen LogP contribution in [-0.2, 0) is 6.67 Å². The third kappa shape index (κ3) is 2.52. The number of fused-ring (bicyclic) bond motifs is 2. The van der Waals surface area contributed by atoms with Crippen LogP contribution in [0.15, 0.2) is 57.9 Å². The Labute approximate surface area is 149 Å². The van der Waals surface area contributed by atoms with E-state index in [0.717, 1.165) is 42.9 Å². The first-order chi connectivity index (χ1) is 12.8. The molecule has 0 atom stereocenters. The monoisotopic (exact) mass is 349 g/mol. The van der Waals surface area contributed by atoms with E-state index >= 15 is 0 Å². The number of para-hydroxylation sites is 2. The molecule has 4 aromatic rings. The summed E-state index contributed by atoms with van der Waals surface area (Å²) < 4.78 is 9.12. The Bertz CT molecular complexity index is 1120. The van der Waals surface area contributed by atoms with Gasteiger partial charge >= 0.3 is 5.76 Å². The van der Waals surface area contributed by atoms with E-state index in [4.69, 9.17) is 4.42 Å². The van der Waals surface area contributed by atoms with Crippen molar-refractivity contribution in [1.29, 1.82) is 0 Å². The third-order valence-electron chi connectivity index (χ3n) is 5.21. The van der Waals surface area contributed by atoms with Gasteiger partial charge < -0.3 is 4.42 Å². The van der Waals surface area contributed by atoms with E-state index in [0.29, 0.717) is 18.2 Å². The number of oxazole rings is 1. The molecule has 7 nitrogen and oxygen atoms in total. The summed E-state index contributed by atoms with van der Waals surface area (Å²) in [6.07, 6.45) is 4.02. The highest BCUT2D eigenvalue weighted by atomic mass is 16.4. The van der Waals surface area contributed by atoms with Crippen molar-refractivity contribution in [3.05, 3.63) is 65.0 Å². The molecule has 0 N–H and O–H groups in total. The number of likely N-dealkylation sites (tertiary alicyclic amines) is 1. The Kier molecular flexibility index (Phi) is 3.60. The second-order valence-electron chi connectivity index (χ2n) is 6.78. The molecule has 4 heterocycles. The number of hydrogen-bond acceptors (Lipinski definition) is 5. The van der Waals surface area contributed by atoms with Gasteiger partial charge in [-0.15, -0.1) is 10.2 Å². The molecule has 132 valence electrons. The minimum absolute atomic E-state index is 0.295. The fraction of sp³-hybridized carbons (Fsp3) is 0.316. The number of benzene rings is 1. The second kappa shape index (κ2) is 6.10. The van der Waals surface area contributed by atoms with Gasteiger partial charge in [0.25, 0.3) is 0 Å². The van der Waals surface area contributed by atoms with Crippen molar-refractivity contribution in [1.82, 2.24) is 24.1 Å². The summed E-state index contributed by atoms with van der Waals surface area (Å²) in [6.45, 7) is 2.39. The molecule has 1 saturated heterocycles. The normalized spacial score (nSPS) is 16.6. The molecule has 26 heavy (non-hydrogen) atoms. The Hall–Kier alpha value is -2.93. The van der Waals surface area contributed by atoms with Gasteiger partial charge in [0.15, 0.2) is 11.2 Å². The molecule has 7 heteroatoms. The molecule has 0 aliphatic carbocycles. The zero-order chi connectivity index (χ0) is 17.5. The van der Waals surface area contributed by atoms with Crippen LogP contribution in [-0.4, -0.2) is 37.2 Å². The van der Waals surface area contributed by atoms with Crippen molar-refractivity contribution >= 4 is 16.7 Å². The van der Waals surface area contributed by atoms with Gasteiger partial charge in [0.1, 0.15) is 5.82 Å². The van der Waals surface area contributed by atoms with Crippen molar-refractivity contribution in [3.8, 4) is 0 Å². The first-order valence-corrected chi connectivity index (χ1v) is 8.90. The fourth-order valence-electron chi connectivity index (χ4n) is 3.82. The standard InChI is InChI=1S/C19H19N5O2/c25-19-24(15-5-1-2-6-16(15)26-19)13-22-11-8-14(9-12-22)18-21-20-17-7-3-4-10-23(17)18/h1-7,10,14H,8-9,11-13H2. The average Bonchev–Trinajstić information content (AvgIpc) is 3.24. The number of rotatable bonds is 3. The van der Waals surface area contributed by atoms with Crippen LogP contribution in [0.4, 0.5) is 0 Å². The largest absolute Gasteiger partial charge is 0.421 e. The molecule has 3 aromatic heterocycles. The number of hydrogen-bond donors (Lipinski definition) is 0. The van der Waals surface area contributed by atoms with Gasteiger partial charge in [0.2, 0.25) is 0 Å². The first-order valence-electron chi connectivity index (χ1n) is 8.90. The molecule has 0 unspecified atom stereocenters. The molecule has 1 aromatic carbocycles.